The topological polar surface area (TPSA) is 188 Å². The third-order valence-electron chi connectivity index (χ3n) is 6.89. The minimum Gasteiger partial charge on any atom is -0.465 e. The molecular formula is C36H50N6O10. The number of esters is 1. The van der Waals surface area contributed by atoms with E-state index >= 15 is 0 Å². The highest BCUT2D eigenvalue weighted by Crippen LogP contribution is 2.21. The molecule has 0 saturated carbocycles. The van der Waals surface area contributed by atoms with E-state index in [9.17, 15) is 28.8 Å². The number of hydrogen-bond donors (Lipinski definition) is 1. The number of aliphatic imine (C=N–C) groups is 1. The SMILES string of the molecule is CCOC(=O)Cn1cc2c(n1)CCN(C(=O)[C@H](C)NC(=O)c1ccc(C(=NC(=O)OC(C)(C)C)N(C(=O)OC(C)(C)C)C(=O)OC(C)(C)C)cc1)C2. The van der Waals surface area contributed by atoms with Gasteiger partial charge in [0.2, 0.25) is 5.91 Å². The van der Waals surface area contributed by atoms with Gasteiger partial charge < -0.3 is 29.2 Å². The Kier molecular flexibility index (Phi) is 13.0. The lowest BCUT2D eigenvalue weighted by molar-refractivity contribution is -0.144. The monoisotopic (exact) mass is 726 g/mol. The number of amidine groups is 1. The molecule has 52 heavy (non-hydrogen) atoms. The summed E-state index contributed by atoms with van der Waals surface area (Å²) in [7, 11) is 0. The molecule has 2 aromatic rings. The molecule has 0 saturated heterocycles. The molecule has 1 N–H and O–H groups in total. The van der Waals surface area contributed by atoms with E-state index in [1.165, 1.54) is 28.9 Å². The number of fused-ring (bicyclic) bond motifs is 1. The lowest BCUT2D eigenvalue weighted by atomic mass is 10.1. The van der Waals surface area contributed by atoms with Crippen LogP contribution in [0.1, 0.15) is 103 Å². The molecule has 1 atom stereocenters. The van der Waals surface area contributed by atoms with E-state index in [-0.39, 0.29) is 36.7 Å². The van der Waals surface area contributed by atoms with Gasteiger partial charge in [-0.05, 0) is 88.3 Å². The van der Waals surface area contributed by atoms with Crippen molar-refractivity contribution in [2.75, 3.05) is 13.2 Å². The largest absolute Gasteiger partial charge is 0.465 e. The fourth-order valence-corrected chi connectivity index (χ4v) is 4.84. The summed E-state index contributed by atoms with van der Waals surface area (Å²) in [5, 5.41) is 7.14. The van der Waals surface area contributed by atoms with Gasteiger partial charge in [-0.25, -0.2) is 14.4 Å². The Hall–Kier alpha value is -5.28. The first kappa shape index (κ1) is 41.1. The van der Waals surface area contributed by atoms with Crippen molar-refractivity contribution in [1.29, 1.82) is 0 Å². The molecule has 1 aromatic carbocycles. The summed E-state index contributed by atoms with van der Waals surface area (Å²) in [6.07, 6.45) is -1.21. The molecule has 1 aliphatic rings. The van der Waals surface area contributed by atoms with Crippen molar-refractivity contribution in [3.8, 4) is 0 Å². The first-order valence-corrected chi connectivity index (χ1v) is 16.9. The molecule has 16 nitrogen and oxygen atoms in total. The first-order valence-electron chi connectivity index (χ1n) is 16.9. The fourth-order valence-electron chi connectivity index (χ4n) is 4.84. The lowest BCUT2D eigenvalue weighted by Crippen LogP contribution is -2.48. The number of carbonyl (C=O) groups excluding carboxylic acids is 6. The number of carbonyl (C=O) groups is 6. The van der Waals surface area contributed by atoms with E-state index in [4.69, 9.17) is 18.9 Å². The maximum absolute atomic E-state index is 13.4. The second-order valence-corrected chi connectivity index (χ2v) is 15.1. The zero-order valence-electron chi connectivity index (χ0n) is 31.8. The molecule has 0 radical (unpaired) electrons. The third kappa shape index (κ3) is 12.2. The van der Waals surface area contributed by atoms with E-state index in [0.29, 0.717) is 17.9 Å². The van der Waals surface area contributed by atoms with Crippen molar-refractivity contribution in [2.45, 2.75) is 119 Å². The number of aromatic nitrogens is 2. The molecule has 1 aliphatic heterocycles. The van der Waals surface area contributed by atoms with Gasteiger partial charge in [0, 0.05) is 42.4 Å². The molecule has 0 unspecified atom stereocenters. The average Bonchev–Trinajstić information content (AvgIpc) is 3.39. The van der Waals surface area contributed by atoms with Crippen molar-refractivity contribution >= 4 is 41.9 Å². The Morgan fingerprint density at radius 3 is 1.92 bits per heavy atom. The number of benzene rings is 1. The predicted molar refractivity (Wildman–Crippen MR) is 188 cm³/mol. The normalized spacial score (nSPS) is 14.1. The van der Waals surface area contributed by atoms with Gasteiger partial charge in [0.05, 0.1) is 12.3 Å². The summed E-state index contributed by atoms with van der Waals surface area (Å²) < 4.78 is 22.8. The fraction of sp³-hybridized carbons (Fsp3) is 0.556. The van der Waals surface area contributed by atoms with E-state index in [2.05, 4.69) is 15.4 Å². The lowest BCUT2D eigenvalue weighted by Gasteiger charge is -2.29. The molecule has 0 aliphatic carbocycles. The predicted octanol–water partition coefficient (Wildman–Crippen LogP) is 5.00. The number of nitrogens with zero attached hydrogens (tertiary/aromatic N) is 5. The van der Waals surface area contributed by atoms with Crippen LogP contribution in [0.15, 0.2) is 35.5 Å². The molecule has 3 rings (SSSR count). The summed E-state index contributed by atoms with van der Waals surface area (Å²) in [5.74, 6) is -1.75. The maximum atomic E-state index is 13.4. The average molecular weight is 727 g/mol. The van der Waals surface area contributed by atoms with Crippen LogP contribution in [-0.2, 0) is 48.0 Å². The quantitative estimate of drug-likeness (QED) is 0.175. The van der Waals surface area contributed by atoms with E-state index in [1.807, 2.05) is 0 Å². The number of nitrogens with one attached hydrogen (secondary N) is 1. The number of hydrogen-bond acceptors (Lipinski definition) is 11. The van der Waals surface area contributed by atoms with E-state index in [1.54, 1.807) is 87.3 Å². The summed E-state index contributed by atoms with van der Waals surface area (Å²) in [4.78, 5) is 84.4. The van der Waals surface area contributed by atoms with Gasteiger partial charge in [0.25, 0.3) is 5.91 Å². The van der Waals surface area contributed by atoms with Crippen LogP contribution in [0.2, 0.25) is 0 Å². The number of rotatable bonds is 7. The van der Waals surface area contributed by atoms with Gasteiger partial charge in [-0.1, -0.05) is 12.1 Å². The summed E-state index contributed by atoms with van der Waals surface area (Å²) in [6, 6.07) is 4.64. The Bertz CT molecular complexity index is 1670. The highest BCUT2D eigenvalue weighted by atomic mass is 16.6. The molecule has 0 bridgehead atoms. The standard InChI is InChI=1S/C36H50N6O10/c1-12-49-27(43)21-41-20-25-19-40(18-17-26(25)39-41)30(45)22(2)37-29(44)24-15-13-23(14-16-24)28(38-31(46)50-34(3,4)5)42(32(47)51-35(6,7)8)33(48)52-36(9,10)11/h13-16,20,22H,12,17-19,21H2,1-11H3,(H,37,44)/t22-/m0/s1. The number of ether oxygens (including phenoxy) is 4. The van der Waals surface area contributed by atoms with Crippen LogP contribution in [-0.4, -0.2) is 97.5 Å². The highest BCUT2D eigenvalue weighted by molar-refractivity contribution is 6.18. The van der Waals surface area contributed by atoms with Crippen molar-refractivity contribution in [1.82, 2.24) is 24.9 Å². The molecule has 0 spiro atoms. The molecule has 1 aromatic heterocycles. The summed E-state index contributed by atoms with van der Waals surface area (Å²) in [5.41, 5.74) is -1.21. The summed E-state index contributed by atoms with van der Waals surface area (Å²) in [6.45, 7) is 18.7. The van der Waals surface area contributed by atoms with Crippen molar-refractivity contribution in [2.24, 2.45) is 4.99 Å². The van der Waals surface area contributed by atoms with E-state index < -0.39 is 58.8 Å². The Morgan fingerprint density at radius 1 is 0.865 bits per heavy atom. The van der Waals surface area contributed by atoms with Crippen LogP contribution >= 0.6 is 0 Å². The molecule has 0 fully saturated rings. The van der Waals surface area contributed by atoms with Gasteiger partial charge >= 0.3 is 24.2 Å². The zero-order valence-corrected chi connectivity index (χ0v) is 31.8. The first-order chi connectivity index (χ1) is 24.0. The van der Waals surface area contributed by atoms with Gasteiger partial charge in [-0.2, -0.15) is 15.0 Å². The van der Waals surface area contributed by atoms with Crippen LogP contribution in [0.25, 0.3) is 0 Å². The zero-order chi connectivity index (χ0) is 39.2. The van der Waals surface area contributed by atoms with Crippen LogP contribution in [0, 0.1) is 0 Å². The number of imide groups is 1. The summed E-state index contributed by atoms with van der Waals surface area (Å²) >= 11 is 0. The van der Waals surface area contributed by atoms with Gasteiger partial charge in [-0.15, -0.1) is 0 Å². The highest BCUT2D eigenvalue weighted by Gasteiger charge is 2.37. The molecule has 284 valence electrons. The Morgan fingerprint density at radius 2 is 1.40 bits per heavy atom. The second kappa shape index (κ2) is 16.4. The Labute approximate surface area is 303 Å². The maximum Gasteiger partial charge on any atom is 0.436 e. The Balaban J connectivity index is 1.84. The molecule has 16 heteroatoms. The smallest absolute Gasteiger partial charge is 0.436 e. The van der Waals surface area contributed by atoms with Crippen molar-refractivity contribution < 1.29 is 47.7 Å². The minimum absolute atomic E-state index is 0.0333. The van der Waals surface area contributed by atoms with Gasteiger partial charge in [0.1, 0.15) is 29.4 Å². The van der Waals surface area contributed by atoms with Gasteiger partial charge in [-0.3, -0.25) is 19.1 Å². The van der Waals surface area contributed by atoms with Crippen LogP contribution in [0.3, 0.4) is 0 Å². The van der Waals surface area contributed by atoms with Crippen molar-refractivity contribution in [3.63, 3.8) is 0 Å². The van der Waals surface area contributed by atoms with Crippen LogP contribution < -0.4 is 5.32 Å². The van der Waals surface area contributed by atoms with Crippen molar-refractivity contribution in [3.05, 3.63) is 52.8 Å². The van der Waals surface area contributed by atoms with Gasteiger partial charge in [0.15, 0.2) is 5.84 Å². The van der Waals surface area contributed by atoms with Crippen LogP contribution in [0.4, 0.5) is 14.4 Å². The molecular weight excluding hydrogens is 676 g/mol. The minimum atomic E-state index is -1.16. The van der Waals surface area contributed by atoms with E-state index in [0.717, 1.165) is 11.3 Å². The molecule has 2 heterocycles. The van der Waals surface area contributed by atoms with Crippen LogP contribution in [0.5, 0.6) is 0 Å². The number of amides is 5. The second-order valence-electron chi connectivity index (χ2n) is 15.1. The molecule has 5 amide bonds. The third-order valence-corrected chi connectivity index (χ3v) is 6.89.